The highest BCUT2D eigenvalue weighted by atomic mass is 16.5. The minimum absolute atomic E-state index is 0.179. The highest BCUT2D eigenvalue weighted by Crippen LogP contribution is 2.51. The van der Waals surface area contributed by atoms with Gasteiger partial charge < -0.3 is 19.3 Å². The number of rotatable bonds is 1. The normalized spacial score (nSPS) is 18.1. The van der Waals surface area contributed by atoms with Crippen molar-refractivity contribution in [3.8, 4) is 23.0 Å². The lowest BCUT2D eigenvalue weighted by Gasteiger charge is -2.21. The molecule has 4 heteroatoms. The lowest BCUT2D eigenvalue weighted by atomic mass is 9.96. The van der Waals surface area contributed by atoms with E-state index in [1.54, 1.807) is 25.5 Å². The van der Waals surface area contributed by atoms with Crippen molar-refractivity contribution in [2.75, 3.05) is 7.11 Å². The molecule has 1 N–H and O–H groups in total. The van der Waals surface area contributed by atoms with Gasteiger partial charge in [0.25, 0.3) is 0 Å². The Hall–Kier alpha value is -2.62. The van der Waals surface area contributed by atoms with Crippen molar-refractivity contribution in [1.82, 2.24) is 0 Å². The first kappa shape index (κ1) is 11.2. The number of hydrogen-bond donors (Lipinski definition) is 1. The summed E-state index contributed by atoms with van der Waals surface area (Å²) in [5.74, 6) is 2.34. The zero-order valence-corrected chi connectivity index (χ0v) is 10.8. The van der Waals surface area contributed by atoms with Crippen LogP contribution in [0.1, 0.15) is 17.2 Å². The molecule has 4 rings (SSSR count). The van der Waals surface area contributed by atoms with E-state index in [9.17, 15) is 5.11 Å². The number of phenolic OH excluding ortho intramolecular Hbond substituents is 1. The molecule has 0 amide bonds. The second kappa shape index (κ2) is 3.93. The SMILES string of the molecule is COc1ccc2c(c1)OC1C2=COc2cc(O)ccc21. The summed E-state index contributed by atoms with van der Waals surface area (Å²) in [7, 11) is 1.63. The Balaban J connectivity index is 1.82. The standard InChI is InChI=1S/C16H12O4/c1-18-10-3-5-11-13-8-19-14-6-9(17)2-4-12(14)16(13)20-15(11)7-10/h2-8,16-17H,1H3. The molecule has 0 aliphatic carbocycles. The highest BCUT2D eigenvalue weighted by Gasteiger charge is 2.35. The first-order valence-corrected chi connectivity index (χ1v) is 6.31. The quantitative estimate of drug-likeness (QED) is 0.862. The van der Waals surface area contributed by atoms with Gasteiger partial charge in [-0.3, -0.25) is 0 Å². The summed E-state index contributed by atoms with van der Waals surface area (Å²) in [6.07, 6.45) is 1.49. The van der Waals surface area contributed by atoms with E-state index in [1.165, 1.54) is 0 Å². The molecular formula is C16H12O4. The molecule has 1 unspecified atom stereocenters. The van der Waals surface area contributed by atoms with Gasteiger partial charge in [0.2, 0.25) is 0 Å². The van der Waals surface area contributed by atoms with Crippen LogP contribution in [0.3, 0.4) is 0 Å². The van der Waals surface area contributed by atoms with E-state index in [4.69, 9.17) is 14.2 Å². The molecule has 0 bridgehead atoms. The first-order chi connectivity index (χ1) is 9.76. The van der Waals surface area contributed by atoms with E-state index in [0.717, 1.165) is 28.2 Å². The molecule has 0 aromatic heterocycles. The molecule has 2 aromatic carbocycles. The molecule has 2 aliphatic heterocycles. The van der Waals surface area contributed by atoms with Gasteiger partial charge in [0, 0.05) is 28.8 Å². The summed E-state index contributed by atoms with van der Waals surface area (Å²) in [5.41, 5.74) is 2.91. The second-order valence-corrected chi connectivity index (χ2v) is 4.77. The summed E-state index contributed by atoms with van der Waals surface area (Å²) >= 11 is 0. The molecule has 0 fully saturated rings. The van der Waals surface area contributed by atoms with Crippen molar-refractivity contribution in [2.24, 2.45) is 0 Å². The maximum Gasteiger partial charge on any atom is 0.156 e. The number of benzene rings is 2. The van der Waals surface area contributed by atoms with Gasteiger partial charge in [0.05, 0.1) is 13.4 Å². The Morgan fingerprint density at radius 3 is 2.85 bits per heavy atom. The molecule has 100 valence electrons. The van der Waals surface area contributed by atoms with Crippen LogP contribution in [0.15, 0.2) is 42.7 Å². The zero-order valence-electron chi connectivity index (χ0n) is 10.8. The smallest absolute Gasteiger partial charge is 0.156 e. The largest absolute Gasteiger partial charge is 0.508 e. The third-order valence-corrected chi connectivity index (χ3v) is 3.62. The molecule has 20 heavy (non-hydrogen) atoms. The number of hydrogen-bond acceptors (Lipinski definition) is 4. The third-order valence-electron chi connectivity index (χ3n) is 3.62. The van der Waals surface area contributed by atoms with E-state index in [1.807, 2.05) is 24.3 Å². The Bertz CT molecular complexity index is 733. The summed E-state index contributed by atoms with van der Waals surface area (Å²) < 4.78 is 16.8. The van der Waals surface area contributed by atoms with E-state index >= 15 is 0 Å². The monoisotopic (exact) mass is 268 g/mol. The summed E-state index contributed by atoms with van der Waals surface area (Å²) in [4.78, 5) is 0. The summed E-state index contributed by atoms with van der Waals surface area (Å²) in [6, 6.07) is 10.8. The van der Waals surface area contributed by atoms with Crippen LogP contribution in [0.25, 0.3) is 5.57 Å². The predicted molar refractivity (Wildman–Crippen MR) is 73.1 cm³/mol. The third kappa shape index (κ3) is 1.48. The fourth-order valence-electron chi connectivity index (χ4n) is 2.62. The van der Waals surface area contributed by atoms with E-state index in [-0.39, 0.29) is 11.9 Å². The Morgan fingerprint density at radius 1 is 1.10 bits per heavy atom. The van der Waals surface area contributed by atoms with Crippen molar-refractivity contribution >= 4 is 5.57 Å². The first-order valence-electron chi connectivity index (χ1n) is 6.31. The van der Waals surface area contributed by atoms with Crippen LogP contribution < -0.4 is 14.2 Å². The average molecular weight is 268 g/mol. The van der Waals surface area contributed by atoms with Gasteiger partial charge >= 0.3 is 0 Å². The fourth-order valence-corrected chi connectivity index (χ4v) is 2.62. The molecule has 4 nitrogen and oxygen atoms in total. The van der Waals surface area contributed by atoms with Crippen LogP contribution in [0.4, 0.5) is 0 Å². The molecule has 0 saturated carbocycles. The fraction of sp³-hybridized carbons (Fsp3) is 0.125. The molecule has 2 aromatic rings. The van der Waals surface area contributed by atoms with E-state index in [0.29, 0.717) is 5.75 Å². The molecule has 0 spiro atoms. The van der Waals surface area contributed by atoms with Crippen LogP contribution in [-0.4, -0.2) is 12.2 Å². The number of ether oxygens (including phenoxy) is 3. The average Bonchev–Trinajstić information content (AvgIpc) is 2.84. The predicted octanol–water partition coefficient (Wildman–Crippen LogP) is 3.27. The van der Waals surface area contributed by atoms with Crippen LogP contribution in [0.2, 0.25) is 0 Å². The van der Waals surface area contributed by atoms with E-state index in [2.05, 4.69) is 0 Å². The minimum Gasteiger partial charge on any atom is -0.508 e. The van der Waals surface area contributed by atoms with Crippen LogP contribution in [-0.2, 0) is 0 Å². The lowest BCUT2D eigenvalue weighted by Crippen LogP contribution is -2.09. The summed E-state index contributed by atoms with van der Waals surface area (Å²) in [5, 5.41) is 9.51. The van der Waals surface area contributed by atoms with Gasteiger partial charge in [-0.15, -0.1) is 0 Å². The zero-order chi connectivity index (χ0) is 13.7. The van der Waals surface area contributed by atoms with Crippen molar-refractivity contribution in [3.05, 3.63) is 53.8 Å². The topological polar surface area (TPSA) is 47.9 Å². The number of aromatic hydroxyl groups is 1. The van der Waals surface area contributed by atoms with Crippen LogP contribution in [0.5, 0.6) is 23.0 Å². The van der Waals surface area contributed by atoms with Crippen molar-refractivity contribution < 1.29 is 19.3 Å². The van der Waals surface area contributed by atoms with Crippen molar-refractivity contribution in [3.63, 3.8) is 0 Å². The van der Waals surface area contributed by atoms with Gasteiger partial charge in [-0.2, -0.15) is 0 Å². The summed E-state index contributed by atoms with van der Waals surface area (Å²) in [6.45, 7) is 0. The van der Waals surface area contributed by atoms with Gasteiger partial charge in [0.15, 0.2) is 6.10 Å². The van der Waals surface area contributed by atoms with Gasteiger partial charge in [-0.1, -0.05) is 0 Å². The van der Waals surface area contributed by atoms with Gasteiger partial charge in [-0.05, 0) is 24.3 Å². The molecule has 1 atom stereocenters. The van der Waals surface area contributed by atoms with E-state index < -0.39 is 0 Å². The molecular weight excluding hydrogens is 256 g/mol. The minimum atomic E-state index is -0.193. The number of phenols is 1. The highest BCUT2D eigenvalue weighted by molar-refractivity contribution is 5.80. The maximum absolute atomic E-state index is 9.51. The number of methoxy groups -OCH3 is 1. The Labute approximate surface area is 115 Å². The van der Waals surface area contributed by atoms with Crippen molar-refractivity contribution in [2.45, 2.75) is 6.10 Å². The van der Waals surface area contributed by atoms with Crippen LogP contribution in [0, 0.1) is 0 Å². The Morgan fingerprint density at radius 2 is 2.00 bits per heavy atom. The molecule has 2 heterocycles. The Kier molecular flexibility index (Phi) is 2.21. The maximum atomic E-state index is 9.51. The lowest BCUT2D eigenvalue weighted by molar-refractivity contribution is 0.266. The molecule has 2 aliphatic rings. The van der Waals surface area contributed by atoms with Gasteiger partial charge in [0.1, 0.15) is 23.0 Å². The van der Waals surface area contributed by atoms with Crippen molar-refractivity contribution in [1.29, 1.82) is 0 Å². The molecule has 0 radical (unpaired) electrons. The van der Waals surface area contributed by atoms with Crippen LogP contribution >= 0.6 is 0 Å². The second-order valence-electron chi connectivity index (χ2n) is 4.77. The van der Waals surface area contributed by atoms with Gasteiger partial charge in [-0.25, -0.2) is 0 Å². The molecule has 0 saturated heterocycles. The number of fused-ring (bicyclic) bond motifs is 5.